The molecule has 0 aliphatic heterocycles. The normalized spacial score (nSPS) is 15.5. The summed E-state index contributed by atoms with van der Waals surface area (Å²) in [6.45, 7) is 1.31. The van der Waals surface area contributed by atoms with Crippen LogP contribution in [-0.2, 0) is 19.1 Å². The summed E-state index contributed by atoms with van der Waals surface area (Å²) in [6, 6.07) is 0. The van der Waals surface area contributed by atoms with Crippen LogP contribution in [0.4, 0.5) is 0 Å². The van der Waals surface area contributed by atoms with Crippen LogP contribution in [0.5, 0.6) is 0 Å². The number of aliphatic hydroxyl groups is 2. The molecular formula is C10H16O8. The molecule has 0 aliphatic carbocycles. The van der Waals surface area contributed by atoms with Crippen molar-refractivity contribution in [2.45, 2.75) is 37.9 Å². The average Bonchev–Trinajstić information content (AvgIpc) is 2.24. The van der Waals surface area contributed by atoms with Gasteiger partial charge in [-0.15, -0.1) is 0 Å². The second-order valence-electron chi connectivity index (χ2n) is 3.83. The van der Waals surface area contributed by atoms with Crippen molar-refractivity contribution in [3.63, 3.8) is 0 Å². The van der Waals surface area contributed by atoms with Gasteiger partial charge in [0.1, 0.15) is 6.61 Å². The molecule has 0 radical (unpaired) electrons. The first-order valence-corrected chi connectivity index (χ1v) is 5.22. The Morgan fingerprint density at radius 1 is 1.22 bits per heavy atom. The first-order chi connectivity index (χ1) is 8.21. The molecule has 2 atom stereocenters. The van der Waals surface area contributed by atoms with Crippen molar-refractivity contribution in [1.29, 1.82) is 0 Å². The van der Waals surface area contributed by atoms with Gasteiger partial charge in [0, 0.05) is 0 Å². The number of carboxylic acid groups (broad SMARTS) is 2. The zero-order chi connectivity index (χ0) is 14.3. The SMILES string of the molecule is CCC(O)COC(=O)CC(O)(CC(=O)O)C(=O)O. The van der Waals surface area contributed by atoms with Gasteiger partial charge in [0.25, 0.3) is 0 Å². The van der Waals surface area contributed by atoms with Gasteiger partial charge in [-0.1, -0.05) is 6.92 Å². The largest absolute Gasteiger partial charge is 0.481 e. The first kappa shape index (κ1) is 16.3. The molecule has 0 aliphatic rings. The number of hydrogen-bond donors (Lipinski definition) is 4. The number of rotatable bonds is 8. The number of carboxylic acids is 2. The highest BCUT2D eigenvalue weighted by Crippen LogP contribution is 2.17. The lowest BCUT2D eigenvalue weighted by Gasteiger charge is -2.20. The zero-order valence-corrected chi connectivity index (χ0v) is 9.83. The fourth-order valence-corrected chi connectivity index (χ4v) is 1.06. The number of esters is 1. The Balaban J connectivity index is 4.46. The molecule has 0 heterocycles. The van der Waals surface area contributed by atoms with Crippen LogP contribution < -0.4 is 0 Å². The Morgan fingerprint density at radius 3 is 2.17 bits per heavy atom. The van der Waals surface area contributed by atoms with E-state index in [1.54, 1.807) is 6.92 Å². The number of aliphatic carboxylic acids is 2. The van der Waals surface area contributed by atoms with Gasteiger partial charge < -0.3 is 25.2 Å². The van der Waals surface area contributed by atoms with Gasteiger partial charge in [0.15, 0.2) is 5.60 Å². The molecule has 0 aromatic carbocycles. The summed E-state index contributed by atoms with van der Waals surface area (Å²) >= 11 is 0. The van der Waals surface area contributed by atoms with E-state index in [4.69, 9.17) is 15.3 Å². The average molecular weight is 264 g/mol. The maximum atomic E-state index is 11.2. The monoisotopic (exact) mass is 264 g/mol. The highest BCUT2D eigenvalue weighted by Gasteiger charge is 2.41. The van der Waals surface area contributed by atoms with E-state index in [9.17, 15) is 19.5 Å². The van der Waals surface area contributed by atoms with Gasteiger partial charge in [0.2, 0.25) is 0 Å². The second-order valence-corrected chi connectivity index (χ2v) is 3.83. The maximum absolute atomic E-state index is 11.2. The number of hydrogen-bond acceptors (Lipinski definition) is 6. The van der Waals surface area contributed by atoms with Crippen LogP contribution in [-0.4, -0.2) is 56.6 Å². The Hall–Kier alpha value is -1.67. The van der Waals surface area contributed by atoms with Gasteiger partial charge in [-0.2, -0.15) is 0 Å². The molecule has 8 heteroatoms. The molecule has 0 bridgehead atoms. The number of ether oxygens (including phenoxy) is 1. The first-order valence-electron chi connectivity index (χ1n) is 5.22. The van der Waals surface area contributed by atoms with Crippen molar-refractivity contribution in [1.82, 2.24) is 0 Å². The third-order valence-corrected chi connectivity index (χ3v) is 2.19. The molecular weight excluding hydrogens is 248 g/mol. The van der Waals surface area contributed by atoms with Crippen LogP contribution in [0.2, 0.25) is 0 Å². The smallest absolute Gasteiger partial charge is 0.336 e. The number of carbonyl (C=O) groups excluding carboxylic acids is 1. The Labute approximate surface area is 103 Å². The second kappa shape index (κ2) is 6.92. The van der Waals surface area contributed by atoms with Gasteiger partial charge in [-0.05, 0) is 6.42 Å². The van der Waals surface area contributed by atoms with Gasteiger partial charge >= 0.3 is 17.9 Å². The van der Waals surface area contributed by atoms with Crippen molar-refractivity contribution in [2.75, 3.05) is 6.61 Å². The molecule has 0 aromatic heterocycles. The molecule has 2 unspecified atom stereocenters. The quantitative estimate of drug-likeness (QED) is 0.408. The third-order valence-electron chi connectivity index (χ3n) is 2.19. The lowest BCUT2D eigenvalue weighted by atomic mass is 9.96. The summed E-state index contributed by atoms with van der Waals surface area (Å²) in [6.07, 6.45) is -2.66. The fourth-order valence-electron chi connectivity index (χ4n) is 1.06. The summed E-state index contributed by atoms with van der Waals surface area (Å²) < 4.78 is 4.52. The van der Waals surface area contributed by atoms with Crippen molar-refractivity contribution in [2.24, 2.45) is 0 Å². The Morgan fingerprint density at radius 2 is 1.78 bits per heavy atom. The lowest BCUT2D eigenvalue weighted by Crippen LogP contribution is -2.43. The summed E-state index contributed by atoms with van der Waals surface area (Å²) in [7, 11) is 0. The highest BCUT2D eigenvalue weighted by molar-refractivity contribution is 5.88. The summed E-state index contributed by atoms with van der Waals surface area (Å²) in [5.74, 6) is -4.46. The van der Waals surface area contributed by atoms with Gasteiger partial charge in [-0.25, -0.2) is 4.79 Å². The van der Waals surface area contributed by atoms with E-state index in [-0.39, 0.29) is 6.61 Å². The molecule has 4 N–H and O–H groups in total. The Bertz CT molecular complexity index is 326. The van der Waals surface area contributed by atoms with Crippen LogP contribution in [0.1, 0.15) is 26.2 Å². The van der Waals surface area contributed by atoms with E-state index in [1.165, 1.54) is 0 Å². The number of carbonyl (C=O) groups is 3. The summed E-state index contributed by atoms with van der Waals surface area (Å²) in [5, 5.41) is 35.8. The molecule has 0 amide bonds. The molecule has 0 rings (SSSR count). The van der Waals surface area contributed by atoms with Crippen molar-refractivity contribution in [3.8, 4) is 0 Å². The summed E-state index contributed by atoms with van der Waals surface area (Å²) in [4.78, 5) is 32.3. The molecule has 0 spiro atoms. The minimum atomic E-state index is -2.71. The van der Waals surface area contributed by atoms with Gasteiger partial charge in [0.05, 0.1) is 18.9 Å². The lowest BCUT2D eigenvalue weighted by molar-refractivity contribution is -0.172. The van der Waals surface area contributed by atoms with E-state index < -0.39 is 42.5 Å². The van der Waals surface area contributed by atoms with E-state index >= 15 is 0 Å². The molecule has 0 saturated heterocycles. The van der Waals surface area contributed by atoms with E-state index in [0.29, 0.717) is 6.42 Å². The van der Waals surface area contributed by atoms with Crippen LogP contribution in [0.15, 0.2) is 0 Å². The minimum absolute atomic E-state index is 0.335. The molecule has 104 valence electrons. The zero-order valence-electron chi connectivity index (χ0n) is 9.83. The van der Waals surface area contributed by atoms with E-state index in [2.05, 4.69) is 4.74 Å². The standard InChI is InChI=1S/C10H16O8/c1-2-6(11)5-18-8(14)4-10(17,9(15)16)3-7(12)13/h6,11,17H,2-5H2,1H3,(H,12,13)(H,15,16). The van der Waals surface area contributed by atoms with Crippen molar-refractivity contribution >= 4 is 17.9 Å². The Kier molecular flexibility index (Phi) is 6.28. The predicted octanol–water partition coefficient (Wildman–Crippen LogP) is -1.02. The van der Waals surface area contributed by atoms with Crippen LogP contribution in [0.25, 0.3) is 0 Å². The molecule has 0 fully saturated rings. The number of aliphatic hydroxyl groups excluding tert-OH is 1. The van der Waals surface area contributed by atoms with Crippen molar-refractivity contribution in [3.05, 3.63) is 0 Å². The van der Waals surface area contributed by atoms with Crippen LogP contribution in [0.3, 0.4) is 0 Å². The molecule has 18 heavy (non-hydrogen) atoms. The topological polar surface area (TPSA) is 141 Å². The van der Waals surface area contributed by atoms with E-state index in [1.807, 2.05) is 0 Å². The van der Waals surface area contributed by atoms with E-state index in [0.717, 1.165) is 0 Å². The predicted molar refractivity (Wildman–Crippen MR) is 56.7 cm³/mol. The maximum Gasteiger partial charge on any atom is 0.336 e. The van der Waals surface area contributed by atoms with Crippen molar-refractivity contribution < 1.29 is 39.5 Å². The highest BCUT2D eigenvalue weighted by atomic mass is 16.5. The van der Waals surface area contributed by atoms with Crippen LogP contribution >= 0.6 is 0 Å². The van der Waals surface area contributed by atoms with Crippen LogP contribution in [0, 0.1) is 0 Å². The summed E-state index contributed by atoms with van der Waals surface area (Å²) in [5.41, 5.74) is -2.71. The molecule has 8 nitrogen and oxygen atoms in total. The fraction of sp³-hybridized carbons (Fsp3) is 0.700. The van der Waals surface area contributed by atoms with Gasteiger partial charge in [-0.3, -0.25) is 9.59 Å². The molecule has 0 saturated carbocycles. The third kappa shape index (κ3) is 5.60. The molecule has 0 aromatic rings. The minimum Gasteiger partial charge on any atom is -0.481 e.